The van der Waals surface area contributed by atoms with Gasteiger partial charge in [-0.05, 0) is 31.7 Å². The van der Waals surface area contributed by atoms with Gasteiger partial charge in [-0.2, -0.15) is 0 Å². The third-order valence-electron chi connectivity index (χ3n) is 2.44. The topological polar surface area (TPSA) is 21.3 Å². The number of ether oxygens (including phenoxy) is 1. The van der Waals surface area contributed by atoms with Gasteiger partial charge in [0, 0.05) is 13.2 Å². The zero-order valence-electron chi connectivity index (χ0n) is 11.3. The van der Waals surface area contributed by atoms with Crippen LogP contribution in [0.3, 0.4) is 0 Å². The molecule has 0 radical (unpaired) electrons. The lowest BCUT2D eigenvalue weighted by molar-refractivity contribution is 0.0456. The lowest BCUT2D eigenvalue weighted by Crippen LogP contribution is -2.31. The molecule has 0 saturated carbocycles. The van der Waals surface area contributed by atoms with Gasteiger partial charge in [0.1, 0.15) is 0 Å². The van der Waals surface area contributed by atoms with Gasteiger partial charge in [-0.25, -0.2) is 0 Å². The third-order valence-corrected chi connectivity index (χ3v) is 2.44. The van der Waals surface area contributed by atoms with E-state index in [0.717, 1.165) is 39.0 Å². The summed E-state index contributed by atoms with van der Waals surface area (Å²) in [6.45, 7) is 13.3. The summed E-state index contributed by atoms with van der Waals surface area (Å²) in [6.07, 6.45) is 6.82. The molecule has 0 aromatic rings. The summed E-state index contributed by atoms with van der Waals surface area (Å²) in [6, 6.07) is 0. The van der Waals surface area contributed by atoms with E-state index in [9.17, 15) is 0 Å². The van der Waals surface area contributed by atoms with Gasteiger partial charge >= 0.3 is 0 Å². The van der Waals surface area contributed by atoms with Gasteiger partial charge in [0.2, 0.25) is 0 Å². The van der Waals surface area contributed by atoms with E-state index in [1.165, 1.54) is 6.42 Å². The predicted molar refractivity (Wildman–Crippen MR) is 71.8 cm³/mol. The first-order valence-electron chi connectivity index (χ1n) is 6.63. The normalized spacial score (nSPS) is 13.0. The number of hydrogen-bond donors (Lipinski definition) is 1. The maximum Gasteiger partial charge on any atom is 0.0699 e. The first-order chi connectivity index (χ1) is 7.70. The number of rotatable bonds is 11. The van der Waals surface area contributed by atoms with Crippen molar-refractivity contribution in [3.05, 3.63) is 12.7 Å². The van der Waals surface area contributed by atoms with Crippen LogP contribution in [0.2, 0.25) is 0 Å². The van der Waals surface area contributed by atoms with Gasteiger partial charge < -0.3 is 10.1 Å². The molecule has 1 unspecified atom stereocenters. The lowest BCUT2D eigenvalue weighted by Gasteiger charge is -2.18. The van der Waals surface area contributed by atoms with Gasteiger partial charge in [-0.3, -0.25) is 0 Å². The Hall–Kier alpha value is -0.340. The maximum absolute atomic E-state index is 5.86. The Balaban J connectivity index is 3.57. The average Bonchev–Trinajstić information content (AvgIpc) is 2.23. The molecule has 0 fully saturated rings. The van der Waals surface area contributed by atoms with Gasteiger partial charge in [0.15, 0.2) is 0 Å². The summed E-state index contributed by atoms with van der Waals surface area (Å²) in [5.74, 6) is 0.711. The summed E-state index contributed by atoms with van der Waals surface area (Å²) in [4.78, 5) is 0. The van der Waals surface area contributed by atoms with Crippen molar-refractivity contribution in [1.82, 2.24) is 5.32 Å². The average molecular weight is 227 g/mol. The van der Waals surface area contributed by atoms with Crippen molar-refractivity contribution in [3.8, 4) is 0 Å². The summed E-state index contributed by atoms with van der Waals surface area (Å²) < 4.78 is 5.86. The molecule has 0 aliphatic heterocycles. The molecule has 1 atom stereocenters. The third kappa shape index (κ3) is 10.2. The van der Waals surface area contributed by atoms with Crippen LogP contribution in [-0.4, -0.2) is 25.8 Å². The first kappa shape index (κ1) is 15.7. The molecule has 0 aromatic heterocycles. The molecule has 0 saturated heterocycles. The minimum absolute atomic E-state index is 0.383. The Morgan fingerprint density at radius 3 is 2.62 bits per heavy atom. The van der Waals surface area contributed by atoms with Gasteiger partial charge in [-0.15, -0.1) is 6.58 Å². The van der Waals surface area contributed by atoms with Crippen LogP contribution >= 0.6 is 0 Å². The standard InChI is InChI=1S/C14H29NO/c1-5-7-8-10-16-14(9-6-2)12-15-11-13(3)4/h5,13-15H,1,6-12H2,2-4H3. The maximum atomic E-state index is 5.86. The summed E-state index contributed by atoms with van der Waals surface area (Å²) in [7, 11) is 0. The molecule has 0 spiro atoms. The molecule has 96 valence electrons. The van der Waals surface area contributed by atoms with E-state index in [4.69, 9.17) is 4.74 Å². The Labute approximate surface area is 101 Å². The van der Waals surface area contributed by atoms with E-state index >= 15 is 0 Å². The van der Waals surface area contributed by atoms with E-state index in [-0.39, 0.29) is 0 Å². The fraction of sp³-hybridized carbons (Fsp3) is 0.857. The Kier molecular flexibility index (Phi) is 10.9. The second-order valence-corrected chi connectivity index (χ2v) is 4.76. The zero-order chi connectivity index (χ0) is 12.2. The van der Waals surface area contributed by atoms with Crippen LogP contribution in [0.5, 0.6) is 0 Å². The Morgan fingerprint density at radius 2 is 2.06 bits per heavy atom. The highest BCUT2D eigenvalue weighted by Gasteiger charge is 2.07. The van der Waals surface area contributed by atoms with Crippen LogP contribution in [0.1, 0.15) is 46.5 Å². The summed E-state index contributed by atoms with van der Waals surface area (Å²) >= 11 is 0. The quantitative estimate of drug-likeness (QED) is 0.431. The van der Waals surface area contributed by atoms with E-state index in [2.05, 4.69) is 32.7 Å². The number of hydrogen-bond acceptors (Lipinski definition) is 2. The van der Waals surface area contributed by atoms with Crippen molar-refractivity contribution in [1.29, 1.82) is 0 Å². The van der Waals surface area contributed by atoms with Gasteiger partial charge in [0.25, 0.3) is 0 Å². The van der Waals surface area contributed by atoms with Crippen molar-refractivity contribution < 1.29 is 4.74 Å². The van der Waals surface area contributed by atoms with Crippen molar-refractivity contribution in [3.63, 3.8) is 0 Å². The molecule has 0 bridgehead atoms. The SMILES string of the molecule is C=CCCCOC(CCC)CNCC(C)C. The van der Waals surface area contributed by atoms with E-state index < -0.39 is 0 Å². The zero-order valence-corrected chi connectivity index (χ0v) is 11.3. The van der Waals surface area contributed by atoms with Crippen molar-refractivity contribution >= 4 is 0 Å². The Morgan fingerprint density at radius 1 is 1.31 bits per heavy atom. The van der Waals surface area contributed by atoms with E-state index in [1.54, 1.807) is 0 Å². The number of allylic oxidation sites excluding steroid dienone is 1. The fourth-order valence-electron chi connectivity index (χ4n) is 1.58. The second-order valence-electron chi connectivity index (χ2n) is 4.76. The number of nitrogens with one attached hydrogen (secondary N) is 1. The van der Waals surface area contributed by atoms with E-state index in [0.29, 0.717) is 12.0 Å². The molecule has 0 aliphatic rings. The molecular formula is C14H29NO. The molecule has 0 rings (SSSR count). The minimum atomic E-state index is 0.383. The largest absolute Gasteiger partial charge is 0.377 e. The Bertz CT molecular complexity index is 157. The van der Waals surface area contributed by atoms with Crippen molar-refractivity contribution in [2.24, 2.45) is 5.92 Å². The van der Waals surface area contributed by atoms with Crippen LogP contribution in [0.15, 0.2) is 12.7 Å². The molecule has 0 heterocycles. The van der Waals surface area contributed by atoms with Crippen molar-refractivity contribution in [2.75, 3.05) is 19.7 Å². The van der Waals surface area contributed by atoms with Crippen LogP contribution in [-0.2, 0) is 4.74 Å². The van der Waals surface area contributed by atoms with E-state index in [1.807, 2.05) is 6.08 Å². The molecule has 1 N–H and O–H groups in total. The highest BCUT2D eigenvalue weighted by Crippen LogP contribution is 2.03. The summed E-state index contributed by atoms with van der Waals surface area (Å²) in [5, 5.41) is 3.47. The van der Waals surface area contributed by atoms with Crippen LogP contribution in [0.25, 0.3) is 0 Å². The molecule has 2 nitrogen and oxygen atoms in total. The van der Waals surface area contributed by atoms with Gasteiger partial charge in [-0.1, -0.05) is 33.3 Å². The van der Waals surface area contributed by atoms with Crippen LogP contribution < -0.4 is 5.32 Å². The number of unbranched alkanes of at least 4 members (excludes halogenated alkanes) is 1. The second kappa shape index (κ2) is 11.2. The molecule has 0 amide bonds. The smallest absolute Gasteiger partial charge is 0.0699 e. The van der Waals surface area contributed by atoms with Gasteiger partial charge in [0.05, 0.1) is 6.10 Å². The highest BCUT2D eigenvalue weighted by molar-refractivity contribution is 4.66. The predicted octanol–water partition coefficient (Wildman–Crippen LogP) is 3.38. The molecule has 2 heteroatoms. The minimum Gasteiger partial charge on any atom is -0.377 e. The van der Waals surface area contributed by atoms with Crippen LogP contribution in [0, 0.1) is 5.92 Å². The molecule has 16 heavy (non-hydrogen) atoms. The lowest BCUT2D eigenvalue weighted by atomic mass is 10.2. The van der Waals surface area contributed by atoms with Crippen molar-refractivity contribution in [2.45, 2.75) is 52.6 Å². The fourth-order valence-corrected chi connectivity index (χ4v) is 1.58. The monoisotopic (exact) mass is 227 g/mol. The molecule has 0 aliphatic carbocycles. The molecule has 0 aromatic carbocycles. The highest BCUT2D eigenvalue weighted by atomic mass is 16.5. The van der Waals surface area contributed by atoms with Crippen LogP contribution in [0.4, 0.5) is 0 Å². The summed E-state index contributed by atoms with van der Waals surface area (Å²) in [5.41, 5.74) is 0. The first-order valence-corrected chi connectivity index (χ1v) is 6.63. The molecular weight excluding hydrogens is 198 g/mol.